The molecule has 0 saturated heterocycles. The monoisotopic (exact) mass is 572 g/mol. The maximum Gasteiger partial charge on any atom is 0.573 e. The number of carbonyl (C=O) groups excluding carboxylic acids is 2. The molecule has 40 heavy (non-hydrogen) atoms. The van der Waals surface area contributed by atoms with Crippen molar-refractivity contribution >= 4 is 23.5 Å². The zero-order valence-electron chi connectivity index (χ0n) is 21.0. The Hall–Kier alpha value is -3.77. The van der Waals surface area contributed by atoms with E-state index in [9.17, 15) is 40.7 Å². The van der Waals surface area contributed by atoms with Crippen LogP contribution in [0.3, 0.4) is 0 Å². The molecular formula is C27H26F6N2O5. The third-order valence-electron chi connectivity index (χ3n) is 7.18. The number of benzene rings is 2. The fourth-order valence-electron chi connectivity index (χ4n) is 5.65. The van der Waals surface area contributed by atoms with Crippen LogP contribution in [-0.2, 0) is 9.59 Å². The minimum atomic E-state index is -4.90. The van der Waals surface area contributed by atoms with E-state index in [0.29, 0.717) is 30.5 Å². The van der Waals surface area contributed by atoms with Crippen molar-refractivity contribution in [1.29, 1.82) is 0 Å². The van der Waals surface area contributed by atoms with E-state index in [2.05, 4.69) is 4.74 Å². The molecule has 7 nitrogen and oxygen atoms in total. The molecule has 0 spiro atoms. The van der Waals surface area contributed by atoms with Gasteiger partial charge in [-0.3, -0.25) is 14.4 Å². The number of alkyl halides is 6. The summed E-state index contributed by atoms with van der Waals surface area (Å²) in [6.45, 7) is -0.668. The molecule has 2 aromatic carbocycles. The van der Waals surface area contributed by atoms with E-state index in [4.69, 9.17) is 5.11 Å². The molecule has 1 saturated carbocycles. The molecule has 2 amide bonds. The third-order valence-corrected chi connectivity index (χ3v) is 7.18. The van der Waals surface area contributed by atoms with E-state index in [1.54, 1.807) is 24.3 Å². The summed E-state index contributed by atoms with van der Waals surface area (Å²) >= 11 is 0. The van der Waals surface area contributed by atoms with Crippen molar-refractivity contribution in [3.63, 3.8) is 0 Å². The molecule has 216 valence electrons. The van der Waals surface area contributed by atoms with Crippen LogP contribution in [0, 0.1) is 5.92 Å². The highest BCUT2D eigenvalue weighted by Crippen LogP contribution is 2.51. The Morgan fingerprint density at radius 3 is 2.25 bits per heavy atom. The fourth-order valence-corrected chi connectivity index (χ4v) is 5.65. The number of carboxylic acid groups (broad SMARTS) is 1. The molecule has 1 N–H and O–H groups in total. The summed E-state index contributed by atoms with van der Waals surface area (Å²) in [7, 11) is 0. The summed E-state index contributed by atoms with van der Waals surface area (Å²) in [6, 6.07) is 9.63. The molecule has 1 heterocycles. The van der Waals surface area contributed by atoms with Crippen molar-refractivity contribution in [3.8, 4) is 5.75 Å². The van der Waals surface area contributed by atoms with Gasteiger partial charge in [-0.1, -0.05) is 24.6 Å². The number of hydrogen-bond donors (Lipinski definition) is 1. The quantitative estimate of drug-likeness (QED) is 0.387. The van der Waals surface area contributed by atoms with Gasteiger partial charge in [-0.05, 0) is 48.7 Å². The van der Waals surface area contributed by atoms with Gasteiger partial charge in [0.1, 0.15) is 5.75 Å². The maximum absolute atomic E-state index is 13.7. The Kier molecular flexibility index (Phi) is 8.31. The van der Waals surface area contributed by atoms with Crippen molar-refractivity contribution < 1.29 is 50.6 Å². The van der Waals surface area contributed by atoms with E-state index in [0.717, 1.165) is 17.0 Å². The highest BCUT2D eigenvalue weighted by molar-refractivity contribution is 6.07. The smallest absolute Gasteiger partial charge is 0.481 e. The largest absolute Gasteiger partial charge is 0.573 e. The van der Waals surface area contributed by atoms with Crippen LogP contribution in [0.4, 0.5) is 32.0 Å². The number of carbonyl (C=O) groups is 3. The van der Waals surface area contributed by atoms with Crippen LogP contribution in [0.25, 0.3) is 0 Å². The minimum absolute atomic E-state index is 0.0832. The van der Waals surface area contributed by atoms with Crippen molar-refractivity contribution in [1.82, 2.24) is 4.90 Å². The van der Waals surface area contributed by atoms with E-state index in [1.165, 1.54) is 17.0 Å². The number of para-hydroxylation sites is 1. The lowest BCUT2D eigenvalue weighted by Crippen LogP contribution is -2.52. The molecule has 4 rings (SSSR count). The minimum Gasteiger partial charge on any atom is -0.481 e. The van der Waals surface area contributed by atoms with E-state index >= 15 is 0 Å². The van der Waals surface area contributed by atoms with Gasteiger partial charge in [0.05, 0.1) is 18.9 Å². The number of nitrogens with zero attached hydrogens (tertiary/aromatic N) is 2. The van der Waals surface area contributed by atoms with Gasteiger partial charge in [-0.2, -0.15) is 13.2 Å². The van der Waals surface area contributed by atoms with Crippen LogP contribution in [0.2, 0.25) is 0 Å². The number of aliphatic carboxylic acids is 1. The van der Waals surface area contributed by atoms with Gasteiger partial charge in [0.25, 0.3) is 5.91 Å². The molecule has 0 bridgehead atoms. The molecule has 13 heteroatoms. The van der Waals surface area contributed by atoms with Gasteiger partial charge in [0, 0.05) is 36.2 Å². The number of amides is 2. The number of hydrogen-bond acceptors (Lipinski definition) is 4. The van der Waals surface area contributed by atoms with E-state index in [1.807, 2.05) is 0 Å². The van der Waals surface area contributed by atoms with Gasteiger partial charge in [-0.25, -0.2) is 0 Å². The maximum atomic E-state index is 13.7. The van der Waals surface area contributed by atoms with Gasteiger partial charge >= 0.3 is 18.5 Å². The van der Waals surface area contributed by atoms with Crippen molar-refractivity contribution in [2.75, 3.05) is 11.4 Å². The van der Waals surface area contributed by atoms with Crippen LogP contribution in [0.1, 0.15) is 60.5 Å². The zero-order valence-corrected chi connectivity index (χ0v) is 21.0. The lowest BCUT2D eigenvalue weighted by atomic mass is 9.81. The fraction of sp³-hybridized carbons (Fsp3) is 0.444. The number of rotatable bonds is 8. The van der Waals surface area contributed by atoms with Gasteiger partial charge in [-0.15, -0.1) is 13.2 Å². The first kappa shape index (κ1) is 29.2. The second-order valence-electron chi connectivity index (χ2n) is 9.76. The van der Waals surface area contributed by atoms with Crippen LogP contribution in [0.15, 0.2) is 48.5 Å². The standard InChI is InChI=1S/C27H26F6N2O5/c28-26(29,30)14-15-34(22(36)12-13-23(37)38)24-18-4-1-2-6-20(18)35(21-7-3-5-19(21)24)25(39)16-8-10-17(11-9-16)40-27(31,32)33/h1-2,4,6,8-11,19,21,24H,3,5,7,12-15H2,(H,37,38)/t19-,21-,24-/m0/s1. The Balaban J connectivity index is 1.71. The number of fused-ring (bicyclic) bond motifs is 2. The molecule has 3 atom stereocenters. The molecule has 1 aliphatic carbocycles. The average molecular weight is 573 g/mol. The van der Waals surface area contributed by atoms with Crippen LogP contribution >= 0.6 is 0 Å². The highest BCUT2D eigenvalue weighted by atomic mass is 19.4. The zero-order chi connectivity index (χ0) is 29.2. The summed E-state index contributed by atoms with van der Waals surface area (Å²) in [5.41, 5.74) is 0.904. The Bertz CT molecular complexity index is 1250. The van der Waals surface area contributed by atoms with E-state index in [-0.39, 0.29) is 5.56 Å². The topological polar surface area (TPSA) is 87.2 Å². The predicted octanol–water partition coefficient (Wildman–Crippen LogP) is 6.10. The molecule has 0 unspecified atom stereocenters. The lowest BCUT2D eigenvalue weighted by molar-refractivity contribution is -0.274. The van der Waals surface area contributed by atoms with Crippen LogP contribution in [0.5, 0.6) is 5.75 Å². The molecular weight excluding hydrogens is 546 g/mol. The molecule has 0 aromatic heterocycles. The molecule has 2 aromatic rings. The highest BCUT2D eigenvalue weighted by Gasteiger charge is 2.49. The van der Waals surface area contributed by atoms with Crippen LogP contribution in [-0.4, -0.2) is 52.9 Å². The first-order valence-electron chi connectivity index (χ1n) is 12.6. The van der Waals surface area contributed by atoms with Crippen molar-refractivity contribution in [2.45, 2.75) is 63.1 Å². The average Bonchev–Trinajstić information content (AvgIpc) is 3.34. The summed E-state index contributed by atoms with van der Waals surface area (Å²) in [6.07, 6.45) is -10.1. The Morgan fingerprint density at radius 1 is 0.950 bits per heavy atom. The lowest BCUT2D eigenvalue weighted by Gasteiger charge is -2.47. The van der Waals surface area contributed by atoms with Crippen molar-refractivity contribution in [2.24, 2.45) is 5.92 Å². The van der Waals surface area contributed by atoms with Gasteiger partial charge in [0.15, 0.2) is 0 Å². The SMILES string of the molecule is O=C(O)CCC(=O)N(CCC(F)(F)F)[C@H]1c2ccccc2N(C(=O)c2ccc(OC(F)(F)F)cc2)[C@H]2CCC[C@H]12. The molecule has 2 aliphatic rings. The summed E-state index contributed by atoms with van der Waals surface area (Å²) in [4.78, 5) is 40.6. The Labute approximate surface area is 225 Å². The molecule has 1 fully saturated rings. The Morgan fingerprint density at radius 2 is 1.62 bits per heavy atom. The number of ether oxygens (including phenoxy) is 1. The molecule has 0 radical (unpaired) electrons. The second kappa shape index (κ2) is 11.4. The number of carboxylic acids is 1. The van der Waals surface area contributed by atoms with E-state index < -0.39 is 79.9 Å². The third kappa shape index (κ3) is 6.68. The van der Waals surface area contributed by atoms with Crippen LogP contribution < -0.4 is 9.64 Å². The summed E-state index contributed by atoms with van der Waals surface area (Å²) in [5, 5.41) is 9.04. The second-order valence-corrected chi connectivity index (χ2v) is 9.76. The van der Waals surface area contributed by atoms with Crippen molar-refractivity contribution in [3.05, 3.63) is 59.7 Å². The predicted molar refractivity (Wildman–Crippen MR) is 130 cm³/mol. The first-order chi connectivity index (χ1) is 18.7. The van der Waals surface area contributed by atoms with Gasteiger partial charge in [0.2, 0.25) is 5.91 Å². The number of halogens is 6. The summed E-state index contributed by atoms with van der Waals surface area (Å²) < 4.78 is 81.3. The normalized spacial score (nSPS) is 20.4. The molecule has 1 aliphatic heterocycles. The van der Waals surface area contributed by atoms with Gasteiger partial charge < -0.3 is 19.6 Å². The summed E-state index contributed by atoms with van der Waals surface area (Å²) in [5.74, 6) is -3.43. The first-order valence-corrected chi connectivity index (χ1v) is 12.6. The number of anilines is 1.